The second-order valence-corrected chi connectivity index (χ2v) is 9.96. The Kier molecular flexibility index (Phi) is 11.4. The maximum Gasteiger partial charge on any atom is 0.314 e. The van der Waals surface area contributed by atoms with Crippen LogP contribution in [0.15, 0.2) is 0 Å². The van der Waals surface area contributed by atoms with E-state index in [1.165, 1.54) is 0 Å². The summed E-state index contributed by atoms with van der Waals surface area (Å²) in [6.07, 6.45) is -22.9. The molecule has 19 nitrogen and oxygen atoms in total. The molecule has 0 spiro atoms. The molecular formula is C22H38N2O17. The first-order valence-electron chi connectivity index (χ1n) is 12.7. The van der Waals surface area contributed by atoms with E-state index in [0.717, 1.165) is 13.8 Å². The van der Waals surface area contributed by atoms with Crippen molar-refractivity contribution in [1.82, 2.24) is 10.6 Å². The van der Waals surface area contributed by atoms with E-state index in [-0.39, 0.29) is 0 Å². The molecule has 3 aliphatic heterocycles. The molecule has 3 rings (SSSR count). The number of aliphatic hydroxyl groups excluding tert-OH is 10. The zero-order valence-corrected chi connectivity index (χ0v) is 22.0. The van der Waals surface area contributed by atoms with Crippen LogP contribution in [0.1, 0.15) is 13.8 Å². The van der Waals surface area contributed by atoms with Crippen molar-refractivity contribution in [3.8, 4) is 0 Å². The average molecular weight is 603 g/mol. The lowest BCUT2D eigenvalue weighted by molar-refractivity contribution is -0.496. The molecule has 41 heavy (non-hydrogen) atoms. The molecule has 15 atom stereocenters. The third-order valence-electron chi connectivity index (χ3n) is 7.00. The summed E-state index contributed by atoms with van der Waals surface area (Å²) < 4.78 is 27.4. The Morgan fingerprint density at radius 3 is 1.39 bits per heavy atom. The van der Waals surface area contributed by atoms with E-state index in [4.69, 9.17) is 23.7 Å². The molecule has 3 heterocycles. The highest BCUT2D eigenvalue weighted by atomic mass is 16.9. The third kappa shape index (κ3) is 6.95. The molecule has 3 fully saturated rings. The van der Waals surface area contributed by atoms with E-state index in [1.54, 1.807) is 0 Å². The molecule has 0 aromatic rings. The van der Waals surface area contributed by atoms with Crippen molar-refractivity contribution in [2.24, 2.45) is 0 Å². The van der Waals surface area contributed by atoms with Gasteiger partial charge in [-0.3, -0.25) is 9.59 Å². The fraction of sp³-hybridized carbons (Fsp3) is 0.909. The van der Waals surface area contributed by atoms with Gasteiger partial charge in [-0.25, -0.2) is 0 Å². The van der Waals surface area contributed by atoms with Gasteiger partial charge in [-0.05, 0) is 0 Å². The number of rotatable bonds is 9. The number of amides is 2. The summed E-state index contributed by atoms with van der Waals surface area (Å²) in [6, 6.07) is -3.31. The Bertz CT molecular complexity index is 844. The first-order chi connectivity index (χ1) is 19.2. The van der Waals surface area contributed by atoms with Crippen molar-refractivity contribution < 1.29 is 84.3 Å². The lowest BCUT2D eigenvalue weighted by Gasteiger charge is -2.53. The van der Waals surface area contributed by atoms with Crippen LogP contribution in [0.25, 0.3) is 0 Å². The molecule has 0 aliphatic carbocycles. The zero-order valence-electron chi connectivity index (χ0n) is 22.0. The number of hydrogen-bond donors (Lipinski definition) is 12. The molecule has 3 aliphatic rings. The van der Waals surface area contributed by atoms with Gasteiger partial charge in [0.15, 0.2) is 18.7 Å². The van der Waals surface area contributed by atoms with Crippen LogP contribution in [0, 0.1) is 0 Å². The molecule has 0 radical (unpaired) electrons. The standard InChI is InChI=1S/C22H38N2O17/c1-6(28)23-11-17(14(31)8(3-25)37-20(11)35)40-22(19(34)16(33)13(30)10(5-27)39-22)41-18-12(24-7(2)29)21(36)38-9(4-26)15(18)32/h8-21,25-27,30-36H,3-5H2,1-2H3,(H,23,28)(H,24,29)/t8-,9-,10-,11-,12-,13+,14+,15+,16+,17-,18-,19-,20-,21+,22?/m1/s1. The maximum atomic E-state index is 11.9. The lowest BCUT2D eigenvalue weighted by Crippen LogP contribution is -2.75. The Hall–Kier alpha value is -1.66. The van der Waals surface area contributed by atoms with Crippen molar-refractivity contribution in [3.05, 3.63) is 0 Å². The highest BCUT2D eigenvalue weighted by molar-refractivity contribution is 5.73. The van der Waals surface area contributed by atoms with Gasteiger partial charge in [-0.15, -0.1) is 0 Å². The lowest BCUT2D eigenvalue weighted by atomic mass is 9.93. The number of hydrogen-bond acceptors (Lipinski definition) is 17. The third-order valence-corrected chi connectivity index (χ3v) is 7.00. The van der Waals surface area contributed by atoms with E-state index >= 15 is 0 Å². The molecule has 1 unspecified atom stereocenters. The fourth-order valence-electron chi connectivity index (χ4n) is 4.94. The minimum Gasteiger partial charge on any atom is -0.394 e. The summed E-state index contributed by atoms with van der Waals surface area (Å²) in [5.74, 6) is -4.64. The van der Waals surface area contributed by atoms with Gasteiger partial charge in [-0.2, -0.15) is 0 Å². The summed E-state index contributed by atoms with van der Waals surface area (Å²) in [6.45, 7) is -0.685. The molecule has 0 aromatic heterocycles. The molecule has 19 heteroatoms. The summed E-state index contributed by atoms with van der Waals surface area (Å²) in [5, 5.41) is 109. The average Bonchev–Trinajstić information content (AvgIpc) is 2.92. The topological polar surface area (TPSA) is 307 Å². The Balaban J connectivity index is 2.13. The summed E-state index contributed by atoms with van der Waals surface area (Å²) in [4.78, 5) is 23.8. The van der Waals surface area contributed by atoms with Crippen LogP contribution in [0.5, 0.6) is 0 Å². The van der Waals surface area contributed by atoms with Gasteiger partial charge in [0.1, 0.15) is 67.0 Å². The summed E-state index contributed by atoms with van der Waals surface area (Å²) in [5.41, 5.74) is 0. The van der Waals surface area contributed by atoms with Crippen molar-refractivity contribution in [2.75, 3.05) is 19.8 Å². The number of ether oxygens (including phenoxy) is 5. The number of carbonyl (C=O) groups excluding carboxylic acids is 2. The maximum absolute atomic E-state index is 11.9. The highest BCUT2D eigenvalue weighted by Gasteiger charge is 2.62. The van der Waals surface area contributed by atoms with Crippen LogP contribution < -0.4 is 10.6 Å². The van der Waals surface area contributed by atoms with Gasteiger partial charge in [0.05, 0.1) is 19.8 Å². The van der Waals surface area contributed by atoms with Crippen LogP contribution in [-0.4, -0.2) is 174 Å². The molecule has 0 aromatic carbocycles. The Morgan fingerprint density at radius 1 is 0.659 bits per heavy atom. The van der Waals surface area contributed by atoms with Crippen LogP contribution in [0.4, 0.5) is 0 Å². The van der Waals surface area contributed by atoms with Gasteiger partial charge in [0.25, 0.3) is 0 Å². The molecule has 3 saturated heterocycles. The van der Waals surface area contributed by atoms with Crippen LogP contribution in [0.2, 0.25) is 0 Å². The normalized spacial score (nSPS) is 47.0. The fourth-order valence-corrected chi connectivity index (χ4v) is 4.94. The van der Waals surface area contributed by atoms with Gasteiger partial charge >= 0.3 is 5.97 Å². The second kappa shape index (κ2) is 13.8. The SMILES string of the molecule is CC(=O)N[C@@H]1[C@@H](OC2(O[C@H]3[C@@H](O)[C@@H](CO)O[C@H](O)[C@@H]3NC(C)=O)O[C@H](CO)[C@H](O)[C@H](O)[C@H]2O)[C@@H](O)[C@@H](CO)O[C@H]1O. The minimum absolute atomic E-state index is 0.760. The zero-order chi connectivity index (χ0) is 30.8. The Labute approximate surface area is 232 Å². The van der Waals surface area contributed by atoms with Crippen molar-refractivity contribution >= 4 is 11.8 Å². The molecule has 238 valence electrons. The number of carbonyl (C=O) groups is 2. The molecule has 0 saturated carbocycles. The predicted molar refractivity (Wildman–Crippen MR) is 126 cm³/mol. The molecule has 2 amide bonds. The second-order valence-electron chi connectivity index (χ2n) is 9.96. The molecule has 12 N–H and O–H groups in total. The smallest absolute Gasteiger partial charge is 0.314 e. The van der Waals surface area contributed by atoms with E-state index in [9.17, 15) is 60.7 Å². The van der Waals surface area contributed by atoms with E-state index in [0.29, 0.717) is 0 Å². The van der Waals surface area contributed by atoms with Gasteiger partial charge in [0, 0.05) is 13.8 Å². The number of nitrogens with one attached hydrogen (secondary N) is 2. The van der Waals surface area contributed by atoms with Gasteiger partial charge in [-0.1, -0.05) is 0 Å². The number of aliphatic hydroxyl groups is 10. The Morgan fingerprint density at radius 2 is 1.05 bits per heavy atom. The van der Waals surface area contributed by atoms with Crippen LogP contribution in [-0.2, 0) is 33.3 Å². The summed E-state index contributed by atoms with van der Waals surface area (Å²) >= 11 is 0. The van der Waals surface area contributed by atoms with Crippen molar-refractivity contribution in [2.45, 2.75) is 106 Å². The van der Waals surface area contributed by atoms with Crippen LogP contribution in [0.3, 0.4) is 0 Å². The van der Waals surface area contributed by atoms with Gasteiger partial charge < -0.3 is 85.4 Å². The van der Waals surface area contributed by atoms with Crippen molar-refractivity contribution in [3.63, 3.8) is 0 Å². The first kappa shape index (κ1) is 33.8. The monoisotopic (exact) mass is 602 g/mol. The molecule has 0 bridgehead atoms. The van der Waals surface area contributed by atoms with Crippen LogP contribution >= 0.6 is 0 Å². The largest absolute Gasteiger partial charge is 0.394 e. The highest BCUT2D eigenvalue weighted by Crippen LogP contribution is 2.39. The first-order valence-corrected chi connectivity index (χ1v) is 12.7. The quantitative estimate of drug-likeness (QED) is 0.109. The van der Waals surface area contributed by atoms with E-state index < -0.39 is 123 Å². The predicted octanol–water partition coefficient (Wildman–Crippen LogP) is -7.97. The van der Waals surface area contributed by atoms with E-state index in [2.05, 4.69) is 10.6 Å². The minimum atomic E-state index is -3.12. The van der Waals surface area contributed by atoms with E-state index in [1.807, 2.05) is 0 Å². The summed E-state index contributed by atoms with van der Waals surface area (Å²) in [7, 11) is 0. The molecular weight excluding hydrogens is 564 g/mol. The van der Waals surface area contributed by atoms with Crippen molar-refractivity contribution in [1.29, 1.82) is 0 Å². The van der Waals surface area contributed by atoms with Gasteiger partial charge in [0.2, 0.25) is 11.8 Å².